The molecule has 0 saturated heterocycles. The van der Waals surface area contributed by atoms with Crippen molar-refractivity contribution in [3.8, 4) is 0 Å². The van der Waals surface area contributed by atoms with E-state index in [1.54, 1.807) is 0 Å². The molecule has 0 spiro atoms. The fraction of sp³-hybridized carbons (Fsp3) is 0.500. The second-order valence-electron chi connectivity index (χ2n) is 5.56. The average molecular weight is 216 g/mol. The summed E-state index contributed by atoms with van der Waals surface area (Å²) < 4.78 is 0. The van der Waals surface area contributed by atoms with Gasteiger partial charge in [0.05, 0.1) is 0 Å². The number of allylic oxidation sites excluding steroid dienone is 1. The Balaban J connectivity index is 2.62. The lowest BCUT2D eigenvalue weighted by atomic mass is 9.79. The van der Waals surface area contributed by atoms with Gasteiger partial charge in [-0.05, 0) is 44.1 Å². The first-order valence-corrected chi connectivity index (χ1v) is 6.13. The first kappa shape index (κ1) is 13.0. The van der Waals surface area contributed by atoms with Gasteiger partial charge in [0, 0.05) is 0 Å². The van der Waals surface area contributed by atoms with E-state index in [1.807, 2.05) is 0 Å². The summed E-state index contributed by atoms with van der Waals surface area (Å²) in [5, 5.41) is 0. The van der Waals surface area contributed by atoms with Crippen LogP contribution in [-0.4, -0.2) is 0 Å². The summed E-state index contributed by atoms with van der Waals surface area (Å²) in [4.78, 5) is 0. The molecule has 0 aromatic heterocycles. The normalized spacial score (nSPS) is 11.5. The van der Waals surface area contributed by atoms with Gasteiger partial charge in [0.1, 0.15) is 0 Å². The second kappa shape index (κ2) is 5.34. The molecule has 0 heterocycles. The lowest BCUT2D eigenvalue weighted by Gasteiger charge is -2.25. The van der Waals surface area contributed by atoms with Gasteiger partial charge in [0.15, 0.2) is 0 Å². The van der Waals surface area contributed by atoms with Crippen LogP contribution in [0.4, 0.5) is 0 Å². The molecular weight excluding hydrogens is 192 g/mol. The SMILES string of the molecule is C=C(C)CCCC(C)(C)c1ccc(C)cc1. The van der Waals surface area contributed by atoms with Crippen molar-refractivity contribution >= 4 is 0 Å². The first-order chi connectivity index (χ1) is 7.42. The molecule has 0 bridgehead atoms. The number of benzene rings is 1. The molecule has 0 atom stereocenters. The van der Waals surface area contributed by atoms with Crippen LogP contribution >= 0.6 is 0 Å². The summed E-state index contributed by atoms with van der Waals surface area (Å²) in [5.41, 5.74) is 4.35. The van der Waals surface area contributed by atoms with Gasteiger partial charge in [-0.1, -0.05) is 49.2 Å². The topological polar surface area (TPSA) is 0 Å². The third-order valence-corrected chi connectivity index (χ3v) is 3.24. The minimum Gasteiger partial charge on any atom is -0.100 e. The Morgan fingerprint density at radius 2 is 1.75 bits per heavy atom. The molecule has 0 aliphatic carbocycles. The van der Waals surface area contributed by atoms with Crippen molar-refractivity contribution in [2.24, 2.45) is 0 Å². The van der Waals surface area contributed by atoms with Gasteiger partial charge in [-0.3, -0.25) is 0 Å². The molecule has 88 valence electrons. The van der Waals surface area contributed by atoms with E-state index in [0.29, 0.717) is 0 Å². The number of hydrogen-bond acceptors (Lipinski definition) is 0. The number of rotatable bonds is 5. The molecule has 1 aromatic rings. The number of aryl methyl sites for hydroxylation is 1. The van der Waals surface area contributed by atoms with Crippen LogP contribution in [-0.2, 0) is 5.41 Å². The lowest BCUT2D eigenvalue weighted by Crippen LogP contribution is -2.16. The van der Waals surface area contributed by atoms with E-state index >= 15 is 0 Å². The molecule has 0 heteroatoms. The van der Waals surface area contributed by atoms with Gasteiger partial charge < -0.3 is 0 Å². The minimum absolute atomic E-state index is 0.281. The Morgan fingerprint density at radius 1 is 1.19 bits per heavy atom. The van der Waals surface area contributed by atoms with Crippen molar-refractivity contribution in [1.29, 1.82) is 0 Å². The highest BCUT2D eigenvalue weighted by atomic mass is 14.2. The molecule has 0 aliphatic rings. The molecular formula is C16H24. The predicted octanol–water partition coefficient (Wildman–Crippen LogP) is 5.02. The summed E-state index contributed by atoms with van der Waals surface area (Å²) in [7, 11) is 0. The van der Waals surface area contributed by atoms with Gasteiger partial charge in [-0.15, -0.1) is 6.58 Å². The van der Waals surface area contributed by atoms with Crippen molar-refractivity contribution in [1.82, 2.24) is 0 Å². The fourth-order valence-electron chi connectivity index (χ4n) is 1.98. The highest BCUT2D eigenvalue weighted by Gasteiger charge is 2.19. The van der Waals surface area contributed by atoms with Gasteiger partial charge in [-0.25, -0.2) is 0 Å². The lowest BCUT2D eigenvalue weighted by molar-refractivity contribution is 0.461. The Morgan fingerprint density at radius 3 is 2.25 bits per heavy atom. The van der Waals surface area contributed by atoms with E-state index in [0.717, 1.165) is 6.42 Å². The highest BCUT2D eigenvalue weighted by Crippen LogP contribution is 2.29. The van der Waals surface area contributed by atoms with Crippen LogP contribution in [0.2, 0.25) is 0 Å². The quantitative estimate of drug-likeness (QED) is 0.606. The van der Waals surface area contributed by atoms with Gasteiger partial charge in [-0.2, -0.15) is 0 Å². The van der Waals surface area contributed by atoms with Crippen LogP contribution in [0.3, 0.4) is 0 Å². The molecule has 0 N–H and O–H groups in total. The summed E-state index contributed by atoms with van der Waals surface area (Å²) in [6, 6.07) is 8.93. The van der Waals surface area contributed by atoms with E-state index in [-0.39, 0.29) is 5.41 Å². The average Bonchev–Trinajstić information content (AvgIpc) is 2.17. The van der Waals surface area contributed by atoms with Crippen molar-refractivity contribution in [2.75, 3.05) is 0 Å². The van der Waals surface area contributed by atoms with Gasteiger partial charge in [0.2, 0.25) is 0 Å². The van der Waals surface area contributed by atoms with Crippen molar-refractivity contribution in [3.05, 3.63) is 47.5 Å². The first-order valence-electron chi connectivity index (χ1n) is 6.13. The summed E-state index contributed by atoms with van der Waals surface area (Å²) >= 11 is 0. The summed E-state index contributed by atoms with van der Waals surface area (Å²) in [6.45, 7) is 12.9. The van der Waals surface area contributed by atoms with E-state index in [2.05, 4.69) is 58.5 Å². The molecule has 0 saturated carbocycles. The molecule has 0 amide bonds. The van der Waals surface area contributed by atoms with E-state index in [1.165, 1.54) is 29.5 Å². The van der Waals surface area contributed by atoms with Crippen molar-refractivity contribution < 1.29 is 0 Å². The Labute approximate surface area is 100 Å². The maximum Gasteiger partial charge on any atom is -0.0103 e. The Hall–Kier alpha value is -1.04. The third kappa shape index (κ3) is 3.84. The molecule has 0 fully saturated rings. The van der Waals surface area contributed by atoms with E-state index in [9.17, 15) is 0 Å². The molecule has 0 aliphatic heterocycles. The number of hydrogen-bond donors (Lipinski definition) is 0. The van der Waals surface area contributed by atoms with E-state index < -0.39 is 0 Å². The monoisotopic (exact) mass is 216 g/mol. The van der Waals surface area contributed by atoms with Gasteiger partial charge in [0.25, 0.3) is 0 Å². The molecule has 0 radical (unpaired) electrons. The fourth-order valence-corrected chi connectivity index (χ4v) is 1.98. The summed E-state index contributed by atoms with van der Waals surface area (Å²) in [6.07, 6.45) is 3.61. The Bertz CT molecular complexity index is 341. The van der Waals surface area contributed by atoms with Crippen LogP contribution in [0.15, 0.2) is 36.4 Å². The van der Waals surface area contributed by atoms with Crippen molar-refractivity contribution in [2.45, 2.75) is 52.4 Å². The Kier molecular flexibility index (Phi) is 4.35. The molecule has 0 unspecified atom stereocenters. The third-order valence-electron chi connectivity index (χ3n) is 3.24. The van der Waals surface area contributed by atoms with E-state index in [4.69, 9.17) is 0 Å². The largest absolute Gasteiger partial charge is 0.100 e. The molecule has 0 nitrogen and oxygen atoms in total. The standard InChI is InChI=1S/C16H24/c1-13(2)7-6-12-16(4,5)15-10-8-14(3)9-11-15/h8-11H,1,6-7,12H2,2-5H3. The summed E-state index contributed by atoms with van der Waals surface area (Å²) in [5.74, 6) is 0. The maximum absolute atomic E-state index is 3.96. The molecule has 1 aromatic carbocycles. The van der Waals surface area contributed by atoms with Crippen LogP contribution in [0.5, 0.6) is 0 Å². The highest BCUT2D eigenvalue weighted by molar-refractivity contribution is 5.27. The second-order valence-corrected chi connectivity index (χ2v) is 5.56. The zero-order valence-electron chi connectivity index (χ0n) is 11.1. The smallest absolute Gasteiger partial charge is 0.0103 e. The van der Waals surface area contributed by atoms with Crippen LogP contribution in [0.25, 0.3) is 0 Å². The predicted molar refractivity (Wildman–Crippen MR) is 72.9 cm³/mol. The maximum atomic E-state index is 3.96. The molecule has 16 heavy (non-hydrogen) atoms. The van der Waals surface area contributed by atoms with Crippen molar-refractivity contribution in [3.63, 3.8) is 0 Å². The van der Waals surface area contributed by atoms with Crippen LogP contribution in [0.1, 0.15) is 51.2 Å². The molecule has 1 rings (SSSR count). The zero-order valence-corrected chi connectivity index (χ0v) is 11.1. The van der Waals surface area contributed by atoms with Crippen LogP contribution < -0.4 is 0 Å². The zero-order chi connectivity index (χ0) is 12.2. The minimum atomic E-state index is 0.281. The van der Waals surface area contributed by atoms with Crippen LogP contribution in [0, 0.1) is 6.92 Å². The van der Waals surface area contributed by atoms with Gasteiger partial charge >= 0.3 is 0 Å².